The van der Waals surface area contributed by atoms with Gasteiger partial charge >= 0.3 is 0 Å². The third-order valence-corrected chi connectivity index (χ3v) is 1.14. The zero-order chi connectivity index (χ0) is 6.41. The summed E-state index contributed by atoms with van der Waals surface area (Å²) in [6, 6.07) is 0. The largest absolute Gasteiger partial charge is 0.377 e. The number of hydrogen-bond acceptors (Lipinski definition) is 1. The normalized spacial score (nSPS) is 13.2. The lowest BCUT2D eigenvalue weighted by atomic mass is 10.2. The minimum Gasteiger partial charge on any atom is -0.377 e. The van der Waals surface area contributed by atoms with Gasteiger partial charge in [-0.3, -0.25) is 0 Å². The highest BCUT2D eigenvalue weighted by Crippen LogP contribution is 1.99. The Morgan fingerprint density at radius 2 is 2.38 bits per heavy atom. The Morgan fingerprint density at radius 3 is 2.50 bits per heavy atom. The molecule has 1 heteroatoms. The van der Waals surface area contributed by atoms with Gasteiger partial charge in [0, 0.05) is 7.11 Å². The van der Waals surface area contributed by atoms with Crippen LogP contribution in [0.15, 0.2) is 12.7 Å². The Kier molecular flexibility index (Phi) is 4.67. The Morgan fingerprint density at radius 1 is 1.75 bits per heavy atom. The molecular weight excluding hydrogens is 100 g/mol. The maximum atomic E-state index is 5.02. The molecule has 1 atom stereocenters. The maximum Gasteiger partial charge on any atom is 0.0749 e. The second-order valence-electron chi connectivity index (χ2n) is 1.80. The molecule has 0 amide bonds. The van der Waals surface area contributed by atoms with Gasteiger partial charge in [-0.15, -0.1) is 6.58 Å². The zero-order valence-corrected chi connectivity index (χ0v) is 5.68. The molecule has 0 heterocycles. The van der Waals surface area contributed by atoms with Crippen LogP contribution in [0.4, 0.5) is 0 Å². The van der Waals surface area contributed by atoms with E-state index in [1.165, 1.54) is 0 Å². The lowest BCUT2D eigenvalue weighted by Gasteiger charge is -2.06. The predicted molar refractivity (Wildman–Crippen MR) is 35.9 cm³/mol. The molecule has 0 aromatic rings. The number of rotatable bonds is 4. The van der Waals surface area contributed by atoms with Crippen molar-refractivity contribution in [1.82, 2.24) is 0 Å². The minimum absolute atomic E-state index is 0.264. The summed E-state index contributed by atoms with van der Waals surface area (Å²) in [5.41, 5.74) is 0. The van der Waals surface area contributed by atoms with Crippen LogP contribution in [-0.4, -0.2) is 13.2 Å². The molecule has 0 aliphatic carbocycles. The molecule has 0 spiro atoms. The van der Waals surface area contributed by atoms with Crippen molar-refractivity contribution in [3.05, 3.63) is 12.7 Å². The van der Waals surface area contributed by atoms with E-state index >= 15 is 0 Å². The molecule has 8 heavy (non-hydrogen) atoms. The molecule has 1 unspecified atom stereocenters. The van der Waals surface area contributed by atoms with Crippen molar-refractivity contribution in [2.45, 2.75) is 25.9 Å². The van der Waals surface area contributed by atoms with E-state index < -0.39 is 0 Å². The summed E-state index contributed by atoms with van der Waals surface area (Å²) in [4.78, 5) is 0. The van der Waals surface area contributed by atoms with Crippen molar-refractivity contribution in [3.63, 3.8) is 0 Å². The van der Waals surface area contributed by atoms with Gasteiger partial charge in [-0.2, -0.15) is 0 Å². The van der Waals surface area contributed by atoms with Crippen molar-refractivity contribution >= 4 is 0 Å². The van der Waals surface area contributed by atoms with E-state index in [0.29, 0.717) is 0 Å². The lowest BCUT2D eigenvalue weighted by Crippen LogP contribution is -2.04. The number of ether oxygens (including phenoxy) is 1. The van der Waals surface area contributed by atoms with Gasteiger partial charge in [-0.05, 0) is 6.42 Å². The molecule has 0 aromatic carbocycles. The molecule has 48 valence electrons. The Hall–Kier alpha value is -0.300. The molecule has 0 radical (unpaired) electrons. The van der Waals surface area contributed by atoms with E-state index in [9.17, 15) is 0 Å². The van der Waals surface area contributed by atoms with Crippen molar-refractivity contribution in [2.75, 3.05) is 7.11 Å². The summed E-state index contributed by atoms with van der Waals surface area (Å²) >= 11 is 0. The summed E-state index contributed by atoms with van der Waals surface area (Å²) in [5.74, 6) is 0. The van der Waals surface area contributed by atoms with E-state index in [1.54, 1.807) is 7.11 Å². The van der Waals surface area contributed by atoms with Crippen molar-refractivity contribution < 1.29 is 4.74 Å². The van der Waals surface area contributed by atoms with Crippen LogP contribution in [0.2, 0.25) is 0 Å². The van der Waals surface area contributed by atoms with Crippen LogP contribution >= 0.6 is 0 Å². The average Bonchev–Trinajstić information content (AvgIpc) is 1.83. The first kappa shape index (κ1) is 7.70. The number of methoxy groups -OCH3 is 1. The third kappa shape index (κ3) is 2.80. The van der Waals surface area contributed by atoms with Crippen LogP contribution in [0.25, 0.3) is 0 Å². The first-order valence-corrected chi connectivity index (χ1v) is 3.00. The van der Waals surface area contributed by atoms with Gasteiger partial charge in [-0.1, -0.05) is 19.4 Å². The summed E-state index contributed by atoms with van der Waals surface area (Å²) in [7, 11) is 1.71. The van der Waals surface area contributed by atoms with Gasteiger partial charge in [0.2, 0.25) is 0 Å². The standard InChI is InChI=1S/C7H14O/c1-4-6-7(5-2)8-3/h5,7H,2,4,6H2,1,3H3. The highest BCUT2D eigenvalue weighted by Gasteiger charge is 1.96. The molecule has 0 saturated heterocycles. The molecular formula is C7H14O. The van der Waals surface area contributed by atoms with Crippen LogP contribution in [0.1, 0.15) is 19.8 Å². The van der Waals surface area contributed by atoms with Crippen molar-refractivity contribution in [2.24, 2.45) is 0 Å². The Bertz CT molecular complexity index is 59.4. The van der Waals surface area contributed by atoms with Gasteiger partial charge in [0.25, 0.3) is 0 Å². The van der Waals surface area contributed by atoms with Crippen molar-refractivity contribution in [1.29, 1.82) is 0 Å². The van der Waals surface area contributed by atoms with E-state index in [0.717, 1.165) is 12.8 Å². The fraction of sp³-hybridized carbons (Fsp3) is 0.714. The monoisotopic (exact) mass is 114 g/mol. The summed E-state index contributed by atoms with van der Waals surface area (Å²) in [6.07, 6.45) is 4.34. The smallest absolute Gasteiger partial charge is 0.0749 e. The zero-order valence-electron chi connectivity index (χ0n) is 5.68. The van der Waals surface area contributed by atoms with Crippen LogP contribution < -0.4 is 0 Å². The Balaban J connectivity index is 3.21. The summed E-state index contributed by atoms with van der Waals surface area (Å²) in [5, 5.41) is 0. The molecule has 0 aliphatic heterocycles. The molecule has 0 aliphatic rings. The van der Waals surface area contributed by atoms with Crippen LogP contribution in [0.3, 0.4) is 0 Å². The highest BCUT2D eigenvalue weighted by molar-refractivity contribution is 4.78. The molecule has 0 bridgehead atoms. The molecule has 0 saturated carbocycles. The van der Waals surface area contributed by atoms with Crippen LogP contribution in [0.5, 0.6) is 0 Å². The Labute approximate surface area is 51.4 Å². The second kappa shape index (κ2) is 4.85. The van der Waals surface area contributed by atoms with E-state index in [4.69, 9.17) is 4.74 Å². The quantitative estimate of drug-likeness (QED) is 0.508. The second-order valence-corrected chi connectivity index (χ2v) is 1.80. The third-order valence-electron chi connectivity index (χ3n) is 1.14. The van der Waals surface area contributed by atoms with Crippen LogP contribution in [-0.2, 0) is 4.74 Å². The van der Waals surface area contributed by atoms with Gasteiger partial charge in [0.15, 0.2) is 0 Å². The van der Waals surface area contributed by atoms with Gasteiger partial charge < -0.3 is 4.74 Å². The topological polar surface area (TPSA) is 9.23 Å². The van der Waals surface area contributed by atoms with E-state index in [1.807, 2.05) is 6.08 Å². The SMILES string of the molecule is C=CC(CCC)OC. The maximum absolute atomic E-state index is 5.02. The predicted octanol–water partition coefficient (Wildman–Crippen LogP) is 1.99. The molecule has 0 aromatic heterocycles. The molecule has 0 rings (SSSR count). The first-order valence-electron chi connectivity index (χ1n) is 3.00. The first-order chi connectivity index (χ1) is 3.85. The molecule has 0 fully saturated rings. The number of hydrogen-bond donors (Lipinski definition) is 0. The van der Waals surface area contributed by atoms with E-state index in [-0.39, 0.29) is 6.10 Å². The minimum atomic E-state index is 0.264. The molecule has 0 N–H and O–H groups in total. The molecule has 1 nitrogen and oxygen atoms in total. The lowest BCUT2D eigenvalue weighted by molar-refractivity contribution is 0.133. The summed E-state index contributed by atoms with van der Waals surface area (Å²) in [6.45, 7) is 5.76. The highest BCUT2D eigenvalue weighted by atomic mass is 16.5. The fourth-order valence-corrected chi connectivity index (χ4v) is 0.616. The van der Waals surface area contributed by atoms with Crippen molar-refractivity contribution in [3.8, 4) is 0 Å². The summed E-state index contributed by atoms with van der Waals surface area (Å²) < 4.78 is 5.02. The van der Waals surface area contributed by atoms with E-state index in [2.05, 4.69) is 13.5 Å². The fourth-order valence-electron chi connectivity index (χ4n) is 0.616. The van der Waals surface area contributed by atoms with Gasteiger partial charge in [0.1, 0.15) is 0 Å². The van der Waals surface area contributed by atoms with Crippen LogP contribution in [0, 0.1) is 0 Å². The van der Waals surface area contributed by atoms with Gasteiger partial charge in [-0.25, -0.2) is 0 Å². The van der Waals surface area contributed by atoms with Gasteiger partial charge in [0.05, 0.1) is 6.10 Å². The average molecular weight is 114 g/mol.